The van der Waals surface area contributed by atoms with Gasteiger partial charge in [0.15, 0.2) is 5.78 Å². The Hall–Kier alpha value is -0.780. The van der Waals surface area contributed by atoms with E-state index in [1.807, 2.05) is 0 Å². The van der Waals surface area contributed by atoms with Gasteiger partial charge in [-0.3, -0.25) is 4.79 Å². The molecule has 1 atom stereocenters. The van der Waals surface area contributed by atoms with Gasteiger partial charge in [0.2, 0.25) is 6.04 Å². The van der Waals surface area contributed by atoms with Gasteiger partial charge in [-0.1, -0.05) is 15.9 Å². The topological polar surface area (TPSA) is 83.8 Å². The van der Waals surface area contributed by atoms with E-state index in [0.717, 1.165) is 0 Å². The predicted molar refractivity (Wildman–Crippen MR) is 36.0 cm³/mol. The van der Waals surface area contributed by atoms with Crippen molar-refractivity contribution in [1.29, 1.82) is 0 Å². The van der Waals surface area contributed by atoms with Gasteiger partial charge < -0.3 is 5.11 Å². The van der Waals surface area contributed by atoms with Crippen LogP contribution in [0.2, 0.25) is 0 Å². The number of carboxylic acids is 1. The molecule has 0 aromatic heterocycles. The average molecular weight is 210 g/mol. The number of nitroso groups, excluding NO2 is 1. The molecule has 0 bridgehead atoms. The molecule has 0 aromatic rings. The number of Topliss-reactive ketones (excluding diaryl/α,β-unsaturated/α-hetero) is 1. The lowest BCUT2D eigenvalue weighted by atomic mass is 10.2. The summed E-state index contributed by atoms with van der Waals surface area (Å²) in [7, 11) is 0. The van der Waals surface area contributed by atoms with Gasteiger partial charge in [0.25, 0.3) is 0 Å². The number of nitrogens with zero attached hydrogens (tertiary/aromatic N) is 1. The highest BCUT2D eigenvalue weighted by atomic mass is 79.9. The normalized spacial score (nSPS) is 12.1. The number of ketones is 1. The third-order valence-electron chi connectivity index (χ3n) is 0.776. The number of carboxylic acid groups (broad SMARTS) is 1. The highest BCUT2D eigenvalue weighted by Crippen LogP contribution is 1.95. The molecule has 0 spiro atoms. The monoisotopic (exact) mass is 209 g/mol. The molecule has 0 aliphatic heterocycles. The molecule has 6 heteroatoms. The fourth-order valence-corrected chi connectivity index (χ4v) is 0.621. The standard InChI is InChI=1S/C4H4BrNO4/c5-1-2(7)3(6-10)4(8)9/h3H,1H2,(H,8,9). The molecule has 5 nitrogen and oxygen atoms in total. The first-order valence-electron chi connectivity index (χ1n) is 2.27. The molecule has 1 N–H and O–H groups in total. The van der Waals surface area contributed by atoms with E-state index in [2.05, 4.69) is 21.1 Å². The first kappa shape index (κ1) is 9.22. The molecule has 0 saturated heterocycles. The van der Waals surface area contributed by atoms with Crippen LogP contribution in [-0.4, -0.2) is 28.2 Å². The Morgan fingerprint density at radius 3 is 2.20 bits per heavy atom. The number of alkyl halides is 1. The van der Waals surface area contributed by atoms with Crippen molar-refractivity contribution in [3.05, 3.63) is 4.91 Å². The zero-order valence-electron chi connectivity index (χ0n) is 4.78. The van der Waals surface area contributed by atoms with Gasteiger partial charge in [-0.15, -0.1) is 4.91 Å². The molecule has 0 fully saturated rings. The molecule has 1 unspecified atom stereocenters. The Morgan fingerprint density at radius 2 is 2.10 bits per heavy atom. The quantitative estimate of drug-likeness (QED) is 0.407. The van der Waals surface area contributed by atoms with Gasteiger partial charge in [-0.05, 0) is 5.18 Å². The van der Waals surface area contributed by atoms with Crippen LogP contribution in [0.1, 0.15) is 0 Å². The molecule has 0 rings (SSSR count). The van der Waals surface area contributed by atoms with E-state index < -0.39 is 17.8 Å². The molecule has 0 aromatic carbocycles. The molecular formula is C4H4BrNO4. The average Bonchev–Trinajstić information content (AvgIpc) is 1.88. The van der Waals surface area contributed by atoms with Gasteiger partial charge in [0.05, 0.1) is 5.33 Å². The van der Waals surface area contributed by atoms with Gasteiger partial charge in [-0.2, -0.15) is 0 Å². The van der Waals surface area contributed by atoms with Crippen molar-refractivity contribution in [2.75, 3.05) is 5.33 Å². The van der Waals surface area contributed by atoms with Crippen LogP contribution >= 0.6 is 15.9 Å². The molecule has 0 heterocycles. The number of aliphatic carboxylic acids is 1. The van der Waals surface area contributed by atoms with Crippen LogP contribution in [0.3, 0.4) is 0 Å². The molecule has 10 heavy (non-hydrogen) atoms. The van der Waals surface area contributed by atoms with Crippen LogP contribution in [0.4, 0.5) is 0 Å². The minimum atomic E-state index is -1.76. The van der Waals surface area contributed by atoms with Crippen LogP contribution in [0, 0.1) is 4.91 Å². The zero-order chi connectivity index (χ0) is 8.15. The summed E-state index contributed by atoms with van der Waals surface area (Å²) in [6.07, 6.45) is 0. The summed E-state index contributed by atoms with van der Waals surface area (Å²) in [6.45, 7) is 0. The van der Waals surface area contributed by atoms with Gasteiger partial charge in [-0.25, -0.2) is 4.79 Å². The highest BCUT2D eigenvalue weighted by Gasteiger charge is 2.25. The summed E-state index contributed by atoms with van der Waals surface area (Å²) < 4.78 is 0. The molecule has 0 aliphatic carbocycles. The largest absolute Gasteiger partial charge is 0.479 e. The SMILES string of the molecule is O=NC(C(=O)O)C(=O)CBr. The van der Waals surface area contributed by atoms with E-state index >= 15 is 0 Å². The van der Waals surface area contributed by atoms with Crippen molar-refractivity contribution in [2.45, 2.75) is 6.04 Å². The summed E-state index contributed by atoms with van der Waals surface area (Å²) in [4.78, 5) is 30.1. The number of hydrogen-bond acceptors (Lipinski definition) is 4. The number of halogens is 1. The molecule has 0 saturated carbocycles. The Kier molecular flexibility index (Phi) is 3.78. The van der Waals surface area contributed by atoms with Crippen molar-refractivity contribution in [1.82, 2.24) is 0 Å². The van der Waals surface area contributed by atoms with Crippen molar-refractivity contribution in [3.63, 3.8) is 0 Å². The van der Waals surface area contributed by atoms with E-state index in [1.165, 1.54) is 0 Å². The first-order valence-corrected chi connectivity index (χ1v) is 3.39. The van der Waals surface area contributed by atoms with Crippen molar-refractivity contribution in [3.8, 4) is 0 Å². The summed E-state index contributed by atoms with van der Waals surface area (Å²) in [5.41, 5.74) is 0. The number of rotatable bonds is 4. The Balaban J connectivity index is 4.20. The molecule has 56 valence electrons. The Labute approximate surface area is 64.5 Å². The van der Waals surface area contributed by atoms with E-state index in [4.69, 9.17) is 5.11 Å². The lowest BCUT2D eigenvalue weighted by Gasteiger charge is -1.96. The van der Waals surface area contributed by atoms with Crippen molar-refractivity contribution in [2.24, 2.45) is 5.18 Å². The number of hydrogen-bond donors (Lipinski definition) is 1. The van der Waals surface area contributed by atoms with Gasteiger partial charge in [0, 0.05) is 0 Å². The van der Waals surface area contributed by atoms with Gasteiger partial charge >= 0.3 is 5.97 Å². The number of carbonyl (C=O) groups is 2. The third-order valence-corrected chi connectivity index (χ3v) is 1.33. The maximum Gasteiger partial charge on any atom is 0.340 e. The van der Waals surface area contributed by atoms with Gasteiger partial charge in [0.1, 0.15) is 0 Å². The van der Waals surface area contributed by atoms with E-state index in [1.54, 1.807) is 0 Å². The van der Waals surface area contributed by atoms with E-state index in [0.29, 0.717) is 0 Å². The van der Waals surface area contributed by atoms with Crippen LogP contribution < -0.4 is 0 Å². The molecule has 0 radical (unpaired) electrons. The van der Waals surface area contributed by atoms with Crippen LogP contribution in [-0.2, 0) is 9.59 Å². The van der Waals surface area contributed by atoms with Crippen LogP contribution in [0.15, 0.2) is 5.18 Å². The van der Waals surface area contributed by atoms with E-state index in [9.17, 15) is 14.5 Å². The summed E-state index contributed by atoms with van der Waals surface area (Å²) in [5.74, 6) is -2.26. The maximum absolute atomic E-state index is 10.5. The summed E-state index contributed by atoms with van der Waals surface area (Å²) in [6, 6.07) is -1.76. The maximum atomic E-state index is 10.5. The summed E-state index contributed by atoms with van der Waals surface area (Å²) >= 11 is 2.71. The smallest absolute Gasteiger partial charge is 0.340 e. The molecular weight excluding hydrogens is 206 g/mol. The molecule has 0 amide bonds. The second kappa shape index (κ2) is 4.10. The number of carbonyl (C=O) groups excluding carboxylic acids is 1. The summed E-state index contributed by atoms with van der Waals surface area (Å²) in [5, 5.41) is 10.1. The second-order valence-corrected chi connectivity index (χ2v) is 2.01. The lowest BCUT2D eigenvalue weighted by Crippen LogP contribution is -2.28. The third kappa shape index (κ3) is 2.22. The van der Waals surface area contributed by atoms with E-state index in [-0.39, 0.29) is 5.33 Å². The van der Waals surface area contributed by atoms with Crippen molar-refractivity contribution >= 4 is 27.7 Å². The predicted octanol–water partition coefficient (Wildman–Crippen LogP) is 0.170. The first-order chi connectivity index (χ1) is 4.63. The molecule has 0 aliphatic rings. The fourth-order valence-electron chi connectivity index (χ4n) is 0.315. The van der Waals surface area contributed by atoms with Crippen LogP contribution in [0.5, 0.6) is 0 Å². The Bertz CT molecular complexity index is 169. The van der Waals surface area contributed by atoms with Crippen molar-refractivity contribution < 1.29 is 14.7 Å². The highest BCUT2D eigenvalue weighted by molar-refractivity contribution is 9.09. The Morgan fingerprint density at radius 1 is 1.60 bits per heavy atom. The second-order valence-electron chi connectivity index (χ2n) is 1.45. The lowest BCUT2D eigenvalue weighted by molar-refractivity contribution is -0.141. The zero-order valence-corrected chi connectivity index (χ0v) is 6.37. The minimum absolute atomic E-state index is 0.171. The van der Waals surface area contributed by atoms with Crippen LogP contribution in [0.25, 0.3) is 0 Å². The fraction of sp³-hybridized carbons (Fsp3) is 0.500. The minimum Gasteiger partial charge on any atom is -0.479 e.